The zero-order valence-electron chi connectivity index (χ0n) is 21.2. The van der Waals surface area contributed by atoms with Crippen LogP contribution >= 0.6 is 0 Å². The molecule has 2 aromatic carbocycles. The molecular weight excluding hydrogens is 511 g/mol. The lowest BCUT2D eigenvalue weighted by Gasteiger charge is -2.21. The second-order valence-corrected chi connectivity index (χ2v) is 8.03. The molecule has 2 aromatic heterocycles. The van der Waals surface area contributed by atoms with Gasteiger partial charge >= 0.3 is 11.7 Å². The fourth-order valence-electron chi connectivity index (χ4n) is 3.74. The maximum Gasteiger partial charge on any atom is 0.350 e. The maximum absolute atomic E-state index is 15.5. The molecule has 1 atom stereocenters. The minimum absolute atomic E-state index is 0.0106. The first kappa shape index (κ1) is 26.8. The largest absolute Gasteiger partial charge is 0.493 e. The number of hydrogen-bond acceptors (Lipinski definition) is 10. The van der Waals surface area contributed by atoms with E-state index < -0.39 is 23.5 Å². The van der Waals surface area contributed by atoms with Crippen LogP contribution in [0.1, 0.15) is 36.8 Å². The SMILES string of the molecule is CCOc1cc(F)c(C(Nc2ccc(C(=N)N)c(OC(C)=O)c2)c2nn(-c3ncccn3)c(=O)[nH]2)cc1OC. The van der Waals surface area contributed by atoms with E-state index in [2.05, 4.69) is 25.4 Å². The van der Waals surface area contributed by atoms with Crippen molar-refractivity contribution in [2.45, 2.75) is 19.9 Å². The Balaban J connectivity index is 1.86. The molecule has 0 bridgehead atoms. The Kier molecular flexibility index (Phi) is 7.84. The molecule has 1 unspecified atom stereocenters. The summed E-state index contributed by atoms with van der Waals surface area (Å²) >= 11 is 0. The number of aromatic nitrogens is 5. The molecule has 0 saturated carbocycles. The van der Waals surface area contributed by atoms with Gasteiger partial charge in [-0.2, -0.15) is 0 Å². The molecule has 5 N–H and O–H groups in total. The fraction of sp³-hybridized carbons (Fsp3) is 0.200. The number of carbonyl (C=O) groups is 1. The van der Waals surface area contributed by atoms with Gasteiger partial charge in [-0.05, 0) is 31.2 Å². The Morgan fingerprint density at radius 2 is 1.95 bits per heavy atom. The van der Waals surface area contributed by atoms with E-state index in [4.69, 9.17) is 25.4 Å². The summed E-state index contributed by atoms with van der Waals surface area (Å²) in [7, 11) is 1.41. The van der Waals surface area contributed by atoms with Crippen LogP contribution in [0.4, 0.5) is 10.1 Å². The predicted octanol–water partition coefficient (Wildman–Crippen LogP) is 2.31. The molecule has 0 saturated heterocycles. The van der Waals surface area contributed by atoms with E-state index in [1.165, 1.54) is 50.7 Å². The number of anilines is 1. The average molecular weight is 537 g/mol. The third-order valence-electron chi connectivity index (χ3n) is 5.38. The highest BCUT2D eigenvalue weighted by atomic mass is 19.1. The van der Waals surface area contributed by atoms with Crippen molar-refractivity contribution in [2.24, 2.45) is 5.73 Å². The lowest BCUT2D eigenvalue weighted by Crippen LogP contribution is -2.18. The molecule has 4 rings (SSSR count). The van der Waals surface area contributed by atoms with Crippen LogP contribution in [0.25, 0.3) is 5.95 Å². The number of benzene rings is 2. The Labute approximate surface area is 221 Å². The number of methoxy groups -OCH3 is 1. The third-order valence-corrected chi connectivity index (χ3v) is 5.38. The highest BCUT2D eigenvalue weighted by Gasteiger charge is 2.26. The second-order valence-electron chi connectivity index (χ2n) is 8.03. The molecule has 0 aliphatic heterocycles. The number of halogens is 1. The van der Waals surface area contributed by atoms with Crippen LogP contribution in [-0.4, -0.2) is 50.3 Å². The van der Waals surface area contributed by atoms with Gasteiger partial charge < -0.3 is 25.3 Å². The van der Waals surface area contributed by atoms with Gasteiger partial charge in [-0.15, -0.1) is 9.78 Å². The van der Waals surface area contributed by atoms with E-state index in [0.717, 1.165) is 4.68 Å². The van der Waals surface area contributed by atoms with Gasteiger partial charge in [-0.25, -0.2) is 19.2 Å². The lowest BCUT2D eigenvalue weighted by atomic mass is 10.0. The van der Waals surface area contributed by atoms with Crippen LogP contribution in [0.15, 0.2) is 53.6 Å². The van der Waals surface area contributed by atoms with Crippen molar-refractivity contribution in [3.63, 3.8) is 0 Å². The topological polar surface area (TPSA) is 183 Å². The summed E-state index contributed by atoms with van der Waals surface area (Å²) in [5.41, 5.74) is 5.53. The average Bonchev–Trinajstić information content (AvgIpc) is 3.29. The summed E-state index contributed by atoms with van der Waals surface area (Å²) in [6, 6.07) is 7.52. The molecule has 14 heteroatoms. The number of rotatable bonds is 10. The molecule has 0 fully saturated rings. The molecule has 39 heavy (non-hydrogen) atoms. The summed E-state index contributed by atoms with van der Waals surface area (Å²) in [4.78, 5) is 35.1. The Morgan fingerprint density at radius 1 is 1.21 bits per heavy atom. The van der Waals surface area contributed by atoms with Crippen molar-refractivity contribution in [1.29, 1.82) is 5.41 Å². The van der Waals surface area contributed by atoms with Crippen molar-refractivity contribution in [3.8, 4) is 23.2 Å². The molecule has 13 nitrogen and oxygen atoms in total. The van der Waals surface area contributed by atoms with E-state index in [-0.39, 0.29) is 52.6 Å². The maximum atomic E-state index is 15.5. The van der Waals surface area contributed by atoms with Gasteiger partial charge in [0.05, 0.1) is 19.3 Å². The van der Waals surface area contributed by atoms with Crippen LogP contribution < -0.4 is 31.0 Å². The summed E-state index contributed by atoms with van der Waals surface area (Å²) in [5, 5.41) is 15.2. The minimum Gasteiger partial charge on any atom is -0.493 e. The van der Waals surface area contributed by atoms with E-state index in [1.54, 1.807) is 19.1 Å². The van der Waals surface area contributed by atoms with Gasteiger partial charge in [0.1, 0.15) is 23.4 Å². The van der Waals surface area contributed by atoms with E-state index in [0.29, 0.717) is 5.69 Å². The number of ether oxygens (including phenoxy) is 3. The number of aromatic amines is 1. The predicted molar refractivity (Wildman–Crippen MR) is 138 cm³/mol. The van der Waals surface area contributed by atoms with Crippen LogP contribution in [0.5, 0.6) is 17.2 Å². The number of esters is 1. The molecule has 0 amide bonds. The molecule has 0 aliphatic rings. The Morgan fingerprint density at radius 3 is 2.59 bits per heavy atom. The molecular formula is C25H25FN8O5. The Bertz CT molecular complexity index is 1570. The van der Waals surface area contributed by atoms with Crippen LogP contribution in [-0.2, 0) is 4.79 Å². The molecule has 202 valence electrons. The van der Waals surface area contributed by atoms with Gasteiger partial charge in [0.2, 0.25) is 0 Å². The number of H-pyrrole nitrogens is 1. The van der Waals surface area contributed by atoms with Crippen molar-refractivity contribution in [3.05, 3.63) is 82.0 Å². The number of carbonyl (C=O) groups excluding carboxylic acids is 1. The zero-order valence-corrected chi connectivity index (χ0v) is 21.2. The summed E-state index contributed by atoms with van der Waals surface area (Å²) in [6.45, 7) is 3.24. The highest BCUT2D eigenvalue weighted by Crippen LogP contribution is 2.36. The van der Waals surface area contributed by atoms with Crippen LogP contribution in [0, 0.1) is 11.2 Å². The van der Waals surface area contributed by atoms with Gasteiger partial charge in [-0.3, -0.25) is 15.2 Å². The summed E-state index contributed by atoms with van der Waals surface area (Å²) in [6.07, 6.45) is 2.89. The standard InChI is InChI=1S/C25H25FN8O5/c1-4-38-20-12-17(26)16(11-19(20)37-3)21(23-32-25(36)34(33-23)24-29-8-5-9-30-24)31-14-6-7-15(22(27)28)18(10-14)39-13(2)35/h5-12,21,31H,4H2,1-3H3,(H3,27,28)(H,32,33,36). The third kappa shape index (κ3) is 5.84. The Hall–Kier alpha value is -5.27. The molecule has 0 spiro atoms. The van der Waals surface area contributed by atoms with Crippen molar-refractivity contribution < 1.29 is 23.4 Å². The van der Waals surface area contributed by atoms with Crippen molar-refractivity contribution >= 4 is 17.5 Å². The second kappa shape index (κ2) is 11.4. The fourth-order valence-corrected chi connectivity index (χ4v) is 3.74. The van der Waals surface area contributed by atoms with E-state index in [1.807, 2.05) is 0 Å². The summed E-state index contributed by atoms with van der Waals surface area (Å²) in [5.74, 6) is -1.13. The first-order chi connectivity index (χ1) is 18.7. The molecule has 4 aromatic rings. The van der Waals surface area contributed by atoms with Gasteiger partial charge in [-0.1, -0.05) is 0 Å². The molecule has 0 radical (unpaired) electrons. The van der Waals surface area contributed by atoms with Crippen molar-refractivity contribution in [1.82, 2.24) is 24.7 Å². The van der Waals surface area contributed by atoms with Gasteiger partial charge in [0.15, 0.2) is 17.3 Å². The smallest absolute Gasteiger partial charge is 0.350 e. The van der Waals surface area contributed by atoms with Crippen LogP contribution in [0.3, 0.4) is 0 Å². The number of nitrogens with zero attached hydrogens (tertiary/aromatic N) is 4. The van der Waals surface area contributed by atoms with Crippen LogP contribution in [0.2, 0.25) is 0 Å². The number of amidine groups is 1. The minimum atomic E-state index is -1.10. The normalized spacial score (nSPS) is 11.5. The monoisotopic (exact) mass is 536 g/mol. The molecule has 0 aliphatic carbocycles. The van der Waals surface area contributed by atoms with Gasteiger partial charge in [0.25, 0.3) is 5.95 Å². The first-order valence-electron chi connectivity index (χ1n) is 11.6. The van der Waals surface area contributed by atoms with E-state index in [9.17, 15) is 9.59 Å². The number of nitrogens with two attached hydrogens (primary N) is 1. The quantitative estimate of drug-likeness (QED) is 0.102. The first-order valence-corrected chi connectivity index (χ1v) is 11.6. The van der Waals surface area contributed by atoms with E-state index >= 15 is 4.39 Å². The van der Waals surface area contributed by atoms with Gasteiger partial charge in [0, 0.05) is 42.7 Å². The lowest BCUT2D eigenvalue weighted by molar-refractivity contribution is -0.131. The highest BCUT2D eigenvalue weighted by molar-refractivity contribution is 5.98. The zero-order chi connectivity index (χ0) is 28.1. The van der Waals surface area contributed by atoms with Crippen molar-refractivity contribution in [2.75, 3.05) is 19.0 Å². The number of nitrogen functional groups attached to an aromatic ring is 1. The molecule has 2 heterocycles. The summed E-state index contributed by atoms with van der Waals surface area (Å²) < 4.78 is 32.6. The number of nitrogens with one attached hydrogen (secondary N) is 3. The number of hydrogen-bond donors (Lipinski definition) is 4.